The van der Waals surface area contributed by atoms with E-state index < -0.39 is 11.2 Å². The van der Waals surface area contributed by atoms with Crippen LogP contribution in [0.2, 0.25) is 0 Å². The molecule has 1 N–H and O–H groups in total. The third kappa shape index (κ3) is 3.41. The fraction of sp³-hybridized carbons (Fsp3) is 0.286. The Labute approximate surface area is 162 Å². The van der Waals surface area contributed by atoms with Crippen molar-refractivity contribution in [3.05, 3.63) is 47.2 Å². The lowest BCUT2D eigenvalue weighted by Crippen LogP contribution is -2.22. The SMILES string of the molecule is C#Cc1nc2nc(C)c(COC(=O)C(C)(C)C)c-2c(O)n1-c1ccc(F)cc1. The fourth-order valence-corrected chi connectivity index (χ4v) is 2.74. The van der Waals surface area contributed by atoms with Crippen LogP contribution in [0.5, 0.6) is 5.88 Å². The van der Waals surface area contributed by atoms with E-state index in [2.05, 4.69) is 15.9 Å². The van der Waals surface area contributed by atoms with Crippen LogP contribution in [0.4, 0.5) is 4.39 Å². The average Bonchev–Trinajstić information content (AvgIpc) is 2.95. The van der Waals surface area contributed by atoms with Gasteiger partial charge in [0.25, 0.3) is 0 Å². The molecule has 2 aliphatic heterocycles. The summed E-state index contributed by atoms with van der Waals surface area (Å²) in [6.07, 6.45) is 5.55. The van der Waals surface area contributed by atoms with E-state index in [1.165, 1.54) is 28.8 Å². The average molecular weight is 381 g/mol. The number of fused-ring (bicyclic) bond motifs is 1. The van der Waals surface area contributed by atoms with E-state index in [4.69, 9.17) is 11.2 Å². The fourth-order valence-electron chi connectivity index (χ4n) is 2.74. The van der Waals surface area contributed by atoms with Crippen LogP contribution >= 0.6 is 0 Å². The number of aromatic hydroxyl groups is 1. The molecule has 7 heteroatoms. The van der Waals surface area contributed by atoms with E-state index >= 15 is 0 Å². The maximum Gasteiger partial charge on any atom is 0.311 e. The van der Waals surface area contributed by atoms with Gasteiger partial charge in [-0.1, -0.05) is 0 Å². The molecule has 0 spiro atoms. The molecule has 2 aliphatic rings. The second-order valence-corrected chi connectivity index (χ2v) is 7.42. The molecule has 0 atom stereocenters. The van der Waals surface area contributed by atoms with Gasteiger partial charge in [-0.15, -0.1) is 6.42 Å². The molecule has 1 aromatic rings. The van der Waals surface area contributed by atoms with Gasteiger partial charge in [-0.05, 0) is 57.9 Å². The van der Waals surface area contributed by atoms with Gasteiger partial charge in [0.1, 0.15) is 12.4 Å². The summed E-state index contributed by atoms with van der Waals surface area (Å²) < 4.78 is 20.0. The summed E-state index contributed by atoms with van der Waals surface area (Å²) in [6, 6.07) is 5.47. The smallest absolute Gasteiger partial charge is 0.311 e. The van der Waals surface area contributed by atoms with Crippen molar-refractivity contribution in [2.75, 3.05) is 0 Å². The maximum atomic E-state index is 13.3. The lowest BCUT2D eigenvalue weighted by atomic mass is 9.97. The van der Waals surface area contributed by atoms with Gasteiger partial charge in [-0.2, -0.15) is 0 Å². The van der Waals surface area contributed by atoms with Gasteiger partial charge < -0.3 is 9.84 Å². The number of hydrogen-bond donors (Lipinski definition) is 1. The summed E-state index contributed by atoms with van der Waals surface area (Å²) in [5.74, 6) is 1.79. The molecule has 28 heavy (non-hydrogen) atoms. The van der Waals surface area contributed by atoms with Gasteiger partial charge in [-0.25, -0.2) is 14.4 Å². The second kappa shape index (κ2) is 6.97. The number of nitrogens with zero attached hydrogens (tertiary/aromatic N) is 3. The monoisotopic (exact) mass is 381 g/mol. The molecule has 0 saturated carbocycles. The van der Waals surface area contributed by atoms with Crippen molar-refractivity contribution in [1.29, 1.82) is 0 Å². The predicted molar refractivity (Wildman–Crippen MR) is 102 cm³/mol. The topological polar surface area (TPSA) is 77.2 Å². The first-order valence-electron chi connectivity index (χ1n) is 8.64. The minimum Gasteiger partial charge on any atom is -0.494 e. The summed E-state index contributed by atoms with van der Waals surface area (Å²) in [5, 5.41) is 11.0. The number of carbonyl (C=O) groups is 1. The molecule has 144 valence electrons. The Kier molecular flexibility index (Phi) is 4.82. The second-order valence-electron chi connectivity index (χ2n) is 7.42. The van der Waals surface area contributed by atoms with Crippen molar-refractivity contribution in [3.8, 4) is 35.3 Å². The van der Waals surface area contributed by atoms with Crippen LogP contribution in [-0.2, 0) is 16.1 Å². The highest BCUT2D eigenvalue weighted by molar-refractivity contribution is 5.76. The van der Waals surface area contributed by atoms with Crippen LogP contribution in [0.25, 0.3) is 17.1 Å². The van der Waals surface area contributed by atoms with E-state index in [0.29, 0.717) is 22.5 Å². The van der Waals surface area contributed by atoms with Crippen LogP contribution in [0.15, 0.2) is 24.3 Å². The van der Waals surface area contributed by atoms with Gasteiger partial charge in [0.15, 0.2) is 11.6 Å². The number of aryl methyl sites for hydroxylation is 1. The highest BCUT2D eigenvalue weighted by atomic mass is 19.1. The number of esters is 1. The van der Waals surface area contributed by atoms with Gasteiger partial charge in [0.2, 0.25) is 5.88 Å². The van der Waals surface area contributed by atoms with Gasteiger partial charge in [-0.3, -0.25) is 9.36 Å². The lowest BCUT2D eigenvalue weighted by Gasteiger charge is -2.18. The minimum absolute atomic E-state index is 0.0630. The molecule has 0 fully saturated rings. The zero-order valence-corrected chi connectivity index (χ0v) is 16.1. The predicted octanol–water partition coefficient (Wildman–Crippen LogP) is 3.60. The van der Waals surface area contributed by atoms with Crippen molar-refractivity contribution in [2.24, 2.45) is 5.41 Å². The number of ether oxygens (including phenoxy) is 1. The van der Waals surface area contributed by atoms with Crippen molar-refractivity contribution in [1.82, 2.24) is 14.5 Å². The number of halogens is 1. The van der Waals surface area contributed by atoms with E-state index in [1.807, 2.05) is 0 Å². The Hall–Kier alpha value is -3.40. The molecule has 0 amide bonds. The van der Waals surface area contributed by atoms with Crippen LogP contribution < -0.4 is 0 Å². The Morgan fingerprint density at radius 2 is 1.93 bits per heavy atom. The molecular formula is C21H20FN3O3. The van der Waals surface area contributed by atoms with Crippen LogP contribution in [-0.4, -0.2) is 25.6 Å². The maximum absolute atomic E-state index is 13.3. The minimum atomic E-state index is -0.658. The standard InChI is InChI=1S/C21H20FN3O3/c1-6-16-24-18-17(19(26)25(16)14-9-7-13(22)8-10-14)15(12(2)23-18)11-28-20(27)21(3,4)5/h1,7-10,26H,11H2,2-5H3. The number of terminal acetylenes is 1. The highest BCUT2D eigenvalue weighted by Gasteiger charge is 2.28. The first-order chi connectivity index (χ1) is 13.1. The zero-order chi connectivity index (χ0) is 20.6. The van der Waals surface area contributed by atoms with Crippen molar-refractivity contribution < 1.29 is 19.0 Å². The summed E-state index contributed by atoms with van der Waals surface area (Å²) >= 11 is 0. The summed E-state index contributed by atoms with van der Waals surface area (Å²) in [4.78, 5) is 20.8. The van der Waals surface area contributed by atoms with Crippen molar-refractivity contribution in [3.63, 3.8) is 0 Å². The van der Waals surface area contributed by atoms with E-state index in [0.717, 1.165) is 0 Å². The molecule has 3 rings (SSSR count). The van der Waals surface area contributed by atoms with Crippen LogP contribution in [0.3, 0.4) is 0 Å². The Balaban J connectivity index is 2.14. The van der Waals surface area contributed by atoms with E-state index in [-0.39, 0.29) is 30.1 Å². The zero-order valence-electron chi connectivity index (χ0n) is 16.1. The molecule has 0 bridgehead atoms. The third-order valence-electron chi connectivity index (χ3n) is 4.27. The van der Waals surface area contributed by atoms with E-state index in [1.54, 1.807) is 27.7 Å². The highest BCUT2D eigenvalue weighted by Crippen LogP contribution is 2.37. The molecule has 0 unspecified atom stereocenters. The first-order valence-corrected chi connectivity index (χ1v) is 8.64. The molecule has 0 radical (unpaired) electrons. The van der Waals surface area contributed by atoms with Crippen molar-refractivity contribution in [2.45, 2.75) is 34.3 Å². The van der Waals surface area contributed by atoms with Gasteiger partial charge in [0, 0.05) is 11.3 Å². The number of benzene rings is 1. The number of carbonyl (C=O) groups excluding carboxylic acids is 1. The molecule has 0 saturated heterocycles. The van der Waals surface area contributed by atoms with E-state index in [9.17, 15) is 14.3 Å². The molecular weight excluding hydrogens is 361 g/mol. The Bertz CT molecular complexity index is 1060. The number of aromatic nitrogens is 3. The Morgan fingerprint density at radius 3 is 2.50 bits per heavy atom. The molecule has 6 nitrogen and oxygen atoms in total. The van der Waals surface area contributed by atoms with Gasteiger partial charge in [0.05, 0.1) is 16.7 Å². The normalized spacial score (nSPS) is 11.4. The third-order valence-corrected chi connectivity index (χ3v) is 4.27. The largest absolute Gasteiger partial charge is 0.494 e. The lowest BCUT2D eigenvalue weighted by molar-refractivity contribution is -0.154. The molecule has 0 aliphatic carbocycles. The number of rotatable bonds is 3. The number of hydrogen-bond acceptors (Lipinski definition) is 5. The summed E-state index contributed by atoms with van der Waals surface area (Å²) in [7, 11) is 0. The van der Waals surface area contributed by atoms with Crippen LogP contribution in [0, 0.1) is 30.5 Å². The quantitative estimate of drug-likeness (QED) is 0.554. The Morgan fingerprint density at radius 1 is 1.29 bits per heavy atom. The molecule has 0 aromatic heterocycles. The molecule has 2 heterocycles. The van der Waals surface area contributed by atoms with Crippen molar-refractivity contribution >= 4 is 5.97 Å². The summed E-state index contributed by atoms with van der Waals surface area (Å²) in [5.41, 5.74) is 1.23. The van der Waals surface area contributed by atoms with Gasteiger partial charge >= 0.3 is 5.97 Å². The molecule has 1 aromatic carbocycles. The first kappa shape index (κ1) is 19.4. The van der Waals surface area contributed by atoms with Crippen LogP contribution in [0.1, 0.15) is 37.9 Å². The summed E-state index contributed by atoms with van der Waals surface area (Å²) in [6.45, 7) is 6.93.